The number of thiazole rings is 1. The second-order valence-corrected chi connectivity index (χ2v) is 11.0. The van der Waals surface area contributed by atoms with Crippen LogP contribution in [0.15, 0.2) is 96.6 Å². The Balaban J connectivity index is 1.17. The van der Waals surface area contributed by atoms with Crippen molar-refractivity contribution in [3.63, 3.8) is 0 Å². The number of methoxy groups -OCH3 is 1. The normalized spacial score (nSPS) is 13.2. The van der Waals surface area contributed by atoms with Crippen LogP contribution in [0, 0.1) is 0 Å². The van der Waals surface area contributed by atoms with Crippen molar-refractivity contribution in [2.24, 2.45) is 0 Å². The average molecular weight is 604 g/mol. The topological polar surface area (TPSA) is 106 Å². The number of carbonyl (C=O) groups excluding carboxylic acids is 1. The molecule has 0 radical (unpaired) electrons. The van der Waals surface area contributed by atoms with Gasteiger partial charge in [0.05, 0.1) is 37.3 Å². The van der Waals surface area contributed by atoms with Gasteiger partial charge in [-0.25, -0.2) is 15.0 Å². The van der Waals surface area contributed by atoms with Gasteiger partial charge in [-0.15, -0.1) is 11.3 Å². The fourth-order valence-electron chi connectivity index (χ4n) is 5.26. The molecule has 1 fully saturated rings. The van der Waals surface area contributed by atoms with Crippen LogP contribution in [0.25, 0.3) is 27.6 Å². The van der Waals surface area contributed by atoms with E-state index < -0.39 is 0 Å². The SMILES string of the molecule is COc1ccccc1C(=O)Nc1cccc(-c2nc3sccn3c2-c2ccnc(Nc3ccc(N4CCOCC4)cc3)n2)c1. The molecule has 220 valence electrons. The fourth-order valence-corrected chi connectivity index (χ4v) is 5.98. The third kappa shape index (κ3) is 5.58. The first-order valence-electron chi connectivity index (χ1n) is 14.2. The number of fused-ring (bicyclic) bond motifs is 1. The minimum Gasteiger partial charge on any atom is -0.496 e. The van der Waals surface area contributed by atoms with Crippen LogP contribution in [0.5, 0.6) is 5.75 Å². The molecule has 1 aliphatic heterocycles. The zero-order valence-electron chi connectivity index (χ0n) is 23.9. The molecule has 1 saturated heterocycles. The lowest BCUT2D eigenvalue weighted by Gasteiger charge is -2.28. The highest BCUT2D eigenvalue weighted by molar-refractivity contribution is 7.15. The number of hydrogen-bond donors (Lipinski definition) is 2. The average Bonchev–Trinajstić information content (AvgIpc) is 3.68. The van der Waals surface area contributed by atoms with E-state index in [4.69, 9.17) is 19.4 Å². The molecule has 6 aromatic rings. The molecule has 0 saturated carbocycles. The lowest BCUT2D eigenvalue weighted by molar-refractivity contribution is 0.102. The fraction of sp³-hybridized carbons (Fsp3) is 0.152. The van der Waals surface area contributed by atoms with Crippen LogP contribution in [0.2, 0.25) is 0 Å². The second kappa shape index (κ2) is 12.2. The number of carbonyl (C=O) groups is 1. The van der Waals surface area contributed by atoms with E-state index >= 15 is 0 Å². The molecule has 0 bridgehead atoms. The molecule has 10 nitrogen and oxygen atoms in total. The number of nitrogens with zero attached hydrogens (tertiary/aromatic N) is 5. The van der Waals surface area contributed by atoms with E-state index in [1.807, 2.05) is 70.6 Å². The van der Waals surface area contributed by atoms with E-state index in [2.05, 4.69) is 32.7 Å². The number of nitrogens with one attached hydrogen (secondary N) is 2. The van der Waals surface area contributed by atoms with Gasteiger partial charge in [0, 0.05) is 53.5 Å². The van der Waals surface area contributed by atoms with Gasteiger partial charge < -0.3 is 25.0 Å². The van der Waals surface area contributed by atoms with Crippen molar-refractivity contribution in [1.82, 2.24) is 19.4 Å². The Hall–Kier alpha value is -5.26. The largest absolute Gasteiger partial charge is 0.496 e. The van der Waals surface area contributed by atoms with E-state index in [-0.39, 0.29) is 5.91 Å². The number of anilines is 4. The Morgan fingerprint density at radius 2 is 1.80 bits per heavy atom. The molecule has 4 heterocycles. The zero-order valence-corrected chi connectivity index (χ0v) is 24.8. The summed E-state index contributed by atoms with van der Waals surface area (Å²) in [5.74, 6) is 0.740. The number of aromatic nitrogens is 4. The summed E-state index contributed by atoms with van der Waals surface area (Å²) in [5.41, 5.74) is 6.32. The standard InChI is InChI=1S/C33H29N7O3S/c1-42-28-8-3-2-7-26(28)31(41)35-24-6-4-5-22(21-24)29-30(40-17-20-44-33(40)38-29)27-13-14-34-32(37-27)36-23-9-11-25(12-10-23)39-15-18-43-19-16-39/h2-14,17,20-21H,15-16,18-19H2,1H3,(H,35,41)(H,34,36,37). The number of rotatable bonds is 8. The maximum absolute atomic E-state index is 13.1. The molecule has 11 heteroatoms. The number of para-hydroxylation sites is 1. The molecule has 7 rings (SSSR count). The third-order valence-corrected chi connectivity index (χ3v) is 8.16. The summed E-state index contributed by atoms with van der Waals surface area (Å²) >= 11 is 1.55. The van der Waals surface area contributed by atoms with Crippen molar-refractivity contribution in [2.75, 3.05) is 48.9 Å². The number of morpholine rings is 1. The van der Waals surface area contributed by atoms with E-state index in [1.54, 1.807) is 36.8 Å². The molecule has 0 atom stereocenters. The van der Waals surface area contributed by atoms with Crippen molar-refractivity contribution in [3.05, 3.63) is 102 Å². The van der Waals surface area contributed by atoms with Crippen LogP contribution in [0.3, 0.4) is 0 Å². The Bertz CT molecular complexity index is 1930. The molecule has 1 aliphatic rings. The summed E-state index contributed by atoms with van der Waals surface area (Å²) < 4.78 is 12.9. The summed E-state index contributed by atoms with van der Waals surface area (Å²) in [6.45, 7) is 3.27. The van der Waals surface area contributed by atoms with Gasteiger partial charge in [0.25, 0.3) is 5.91 Å². The minimum absolute atomic E-state index is 0.254. The highest BCUT2D eigenvalue weighted by Crippen LogP contribution is 2.35. The Kier molecular flexibility index (Phi) is 7.61. The van der Waals surface area contributed by atoms with Gasteiger partial charge in [0.2, 0.25) is 5.95 Å². The van der Waals surface area contributed by atoms with Gasteiger partial charge in [0.1, 0.15) is 11.4 Å². The van der Waals surface area contributed by atoms with Gasteiger partial charge in [-0.1, -0.05) is 24.3 Å². The smallest absolute Gasteiger partial charge is 0.259 e. The zero-order chi connectivity index (χ0) is 29.9. The molecular formula is C33H29N7O3S. The molecular weight excluding hydrogens is 574 g/mol. The summed E-state index contributed by atoms with van der Waals surface area (Å²) in [6.07, 6.45) is 3.73. The van der Waals surface area contributed by atoms with Gasteiger partial charge in [0.15, 0.2) is 4.96 Å². The van der Waals surface area contributed by atoms with Crippen LogP contribution in [-0.4, -0.2) is 58.7 Å². The predicted octanol–water partition coefficient (Wildman–Crippen LogP) is 6.36. The second-order valence-electron chi connectivity index (χ2n) is 10.1. The first-order chi connectivity index (χ1) is 21.7. The Labute approximate surface area is 258 Å². The maximum atomic E-state index is 13.1. The highest BCUT2D eigenvalue weighted by atomic mass is 32.1. The van der Waals surface area contributed by atoms with Crippen LogP contribution in [-0.2, 0) is 4.74 Å². The third-order valence-electron chi connectivity index (χ3n) is 7.41. The monoisotopic (exact) mass is 603 g/mol. The molecule has 3 aromatic carbocycles. The first kappa shape index (κ1) is 27.6. The van der Waals surface area contributed by atoms with Crippen molar-refractivity contribution in [2.45, 2.75) is 0 Å². The quantitative estimate of drug-likeness (QED) is 0.207. The van der Waals surface area contributed by atoms with E-state index in [0.717, 1.165) is 59.6 Å². The summed E-state index contributed by atoms with van der Waals surface area (Å²) in [5, 5.41) is 8.33. The lowest BCUT2D eigenvalue weighted by atomic mass is 10.1. The molecule has 1 amide bonds. The van der Waals surface area contributed by atoms with E-state index in [9.17, 15) is 4.79 Å². The molecule has 0 spiro atoms. The summed E-state index contributed by atoms with van der Waals surface area (Å²) in [6, 6.07) is 24.9. The number of amides is 1. The Morgan fingerprint density at radius 3 is 2.64 bits per heavy atom. The summed E-state index contributed by atoms with van der Waals surface area (Å²) in [4.78, 5) is 30.5. The van der Waals surface area contributed by atoms with Crippen molar-refractivity contribution >= 4 is 45.2 Å². The van der Waals surface area contributed by atoms with Gasteiger partial charge >= 0.3 is 0 Å². The number of benzene rings is 3. The number of imidazole rings is 1. The number of ether oxygens (including phenoxy) is 2. The molecule has 2 N–H and O–H groups in total. The highest BCUT2D eigenvalue weighted by Gasteiger charge is 2.20. The van der Waals surface area contributed by atoms with Crippen molar-refractivity contribution in [1.29, 1.82) is 0 Å². The van der Waals surface area contributed by atoms with E-state index in [1.165, 1.54) is 5.69 Å². The van der Waals surface area contributed by atoms with Crippen LogP contribution < -0.4 is 20.3 Å². The maximum Gasteiger partial charge on any atom is 0.259 e. The van der Waals surface area contributed by atoms with Crippen molar-refractivity contribution in [3.8, 4) is 28.4 Å². The molecule has 44 heavy (non-hydrogen) atoms. The Morgan fingerprint density at radius 1 is 0.955 bits per heavy atom. The van der Waals surface area contributed by atoms with E-state index in [0.29, 0.717) is 22.9 Å². The van der Waals surface area contributed by atoms with Crippen LogP contribution in [0.1, 0.15) is 10.4 Å². The van der Waals surface area contributed by atoms with Gasteiger partial charge in [-0.05, 0) is 54.6 Å². The van der Waals surface area contributed by atoms with Gasteiger partial charge in [-0.2, -0.15) is 0 Å². The minimum atomic E-state index is -0.254. The van der Waals surface area contributed by atoms with Crippen LogP contribution in [0.4, 0.5) is 23.0 Å². The predicted molar refractivity (Wildman–Crippen MR) is 173 cm³/mol. The van der Waals surface area contributed by atoms with Gasteiger partial charge in [-0.3, -0.25) is 9.20 Å². The molecule has 0 unspecified atom stereocenters. The van der Waals surface area contributed by atoms with Crippen LogP contribution >= 0.6 is 11.3 Å². The molecule has 3 aromatic heterocycles. The first-order valence-corrected chi connectivity index (χ1v) is 15.1. The summed E-state index contributed by atoms with van der Waals surface area (Å²) in [7, 11) is 1.55. The molecule has 0 aliphatic carbocycles. The lowest BCUT2D eigenvalue weighted by Crippen LogP contribution is -2.36. The van der Waals surface area contributed by atoms with Crippen molar-refractivity contribution < 1.29 is 14.3 Å². The number of hydrogen-bond acceptors (Lipinski definition) is 9.